The quantitative estimate of drug-likeness (QED) is 0.0261. The Kier molecular flexibility index (Phi) is 66.1. The minimum atomic E-state index is -0.777. The first kappa shape index (κ1) is 76.6. The van der Waals surface area contributed by atoms with Crippen molar-refractivity contribution in [1.82, 2.24) is 0 Å². The maximum absolute atomic E-state index is 13.0. The summed E-state index contributed by atoms with van der Waals surface area (Å²) in [6.07, 6.45) is 84.5. The first-order valence-corrected chi connectivity index (χ1v) is 35.5. The first-order valence-electron chi connectivity index (χ1n) is 35.5. The Morgan fingerprint density at radius 1 is 0.253 bits per heavy atom. The molecule has 0 aliphatic rings. The molecule has 1 atom stereocenters. The fourth-order valence-electron chi connectivity index (χ4n) is 10.8. The van der Waals surface area contributed by atoms with Crippen LogP contribution in [0.5, 0.6) is 0 Å². The fraction of sp³-hybridized carbons (Fsp3) is 0.877. The van der Waals surface area contributed by atoms with Crippen molar-refractivity contribution in [2.45, 2.75) is 399 Å². The van der Waals surface area contributed by atoms with Gasteiger partial charge in [0.2, 0.25) is 0 Å². The highest BCUT2D eigenvalue weighted by molar-refractivity contribution is 5.71. The summed E-state index contributed by atoms with van der Waals surface area (Å²) in [5, 5.41) is 0. The van der Waals surface area contributed by atoms with Gasteiger partial charge in [-0.3, -0.25) is 14.4 Å². The summed E-state index contributed by atoms with van der Waals surface area (Å²) in [7, 11) is 0. The molecule has 0 N–H and O–H groups in total. The van der Waals surface area contributed by atoms with Crippen molar-refractivity contribution in [2.24, 2.45) is 0 Å². The molecular formula is C73H136O6. The molecule has 0 saturated heterocycles. The van der Waals surface area contributed by atoms with Crippen LogP contribution in [0.1, 0.15) is 393 Å². The molecule has 0 radical (unpaired) electrons. The summed E-state index contributed by atoms with van der Waals surface area (Å²) in [6.45, 7) is 6.70. The highest BCUT2D eigenvalue weighted by Gasteiger charge is 2.19. The van der Waals surface area contributed by atoms with E-state index in [1.807, 2.05) is 0 Å². The summed E-state index contributed by atoms with van der Waals surface area (Å²) in [5.74, 6) is -0.852. The Morgan fingerprint density at radius 3 is 0.709 bits per heavy atom. The Balaban J connectivity index is 4.33. The number of rotatable bonds is 66. The minimum Gasteiger partial charge on any atom is -0.462 e. The minimum absolute atomic E-state index is 0.0717. The van der Waals surface area contributed by atoms with Crippen molar-refractivity contribution in [3.05, 3.63) is 36.5 Å². The van der Waals surface area contributed by atoms with Gasteiger partial charge in [-0.2, -0.15) is 0 Å². The largest absolute Gasteiger partial charge is 0.462 e. The second kappa shape index (κ2) is 68.1. The number of allylic oxidation sites excluding steroid dienone is 6. The van der Waals surface area contributed by atoms with Crippen molar-refractivity contribution >= 4 is 17.9 Å². The molecule has 6 heteroatoms. The molecule has 0 aromatic carbocycles. The lowest BCUT2D eigenvalue weighted by molar-refractivity contribution is -0.167. The molecule has 0 saturated carbocycles. The van der Waals surface area contributed by atoms with E-state index in [-0.39, 0.29) is 31.1 Å². The SMILES string of the molecule is CCCCCCC/C=C\C/C=C\C/C=C\CCCCCCCCC(=O)OC(COC(=O)CCCCCCCCCCCCCCCCCCCC)COC(=O)CCCCCCCCCCCCCCCCCCCCCCCC. The average Bonchev–Trinajstić information content (AvgIpc) is 3.45. The van der Waals surface area contributed by atoms with Crippen molar-refractivity contribution in [3.63, 3.8) is 0 Å². The van der Waals surface area contributed by atoms with Crippen LogP contribution in [-0.2, 0) is 28.6 Å². The van der Waals surface area contributed by atoms with E-state index in [0.717, 1.165) is 77.0 Å². The molecule has 0 aliphatic carbocycles. The van der Waals surface area contributed by atoms with E-state index in [1.54, 1.807) is 0 Å². The first-order chi connectivity index (χ1) is 39.0. The van der Waals surface area contributed by atoms with E-state index in [2.05, 4.69) is 57.2 Å². The van der Waals surface area contributed by atoms with Gasteiger partial charge in [0.15, 0.2) is 6.10 Å². The molecule has 79 heavy (non-hydrogen) atoms. The number of unbranched alkanes of at least 4 members (excludes halogenated alkanes) is 49. The molecule has 0 bridgehead atoms. The van der Waals surface area contributed by atoms with Gasteiger partial charge in [-0.15, -0.1) is 0 Å². The van der Waals surface area contributed by atoms with Gasteiger partial charge in [-0.1, -0.05) is 353 Å². The Morgan fingerprint density at radius 2 is 0.456 bits per heavy atom. The van der Waals surface area contributed by atoms with E-state index in [4.69, 9.17) is 14.2 Å². The molecule has 0 rings (SSSR count). The molecule has 0 fully saturated rings. The Bertz CT molecular complexity index is 1320. The molecule has 0 aliphatic heterocycles. The van der Waals surface area contributed by atoms with Crippen molar-refractivity contribution in [3.8, 4) is 0 Å². The summed E-state index contributed by atoms with van der Waals surface area (Å²) in [5.41, 5.74) is 0. The number of ether oxygens (including phenoxy) is 3. The van der Waals surface area contributed by atoms with Gasteiger partial charge < -0.3 is 14.2 Å². The Hall–Kier alpha value is -2.37. The van der Waals surface area contributed by atoms with E-state index < -0.39 is 6.10 Å². The van der Waals surface area contributed by atoms with Crippen LogP contribution in [0.3, 0.4) is 0 Å². The maximum Gasteiger partial charge on any atom is 0.306 e. The van der Waals surface area contributed by atoms with E-state index in [9.17, 15) is 14.4 Å². The van der Waals surface area contributed by atoms with Crippen molar-refractivity contribution in [2.75, 3.05) is 13.2 Å². The molecular weight excluding hydrogens is 973 g/mol. The van der Waals surface area contributed by atoms with Crippen LogP contribution in [-0.4, -0.2) is 37.2 Å². The Labute approximate surface area is 493 Å². The molecule has 464 valence electrons. The number of hydrogen-bond acceptors (Lipinski definition) is 6. The zero-order valence-electron chi connectivity index (χ0n) is 53.4. The molecule has 1 unspecified atom stereocenters. The van der Waals surface area contributed by atoms with Crippen LogP contribution in [0.15, 0.2) is 36.5 Å². The summed E-state index contributed by atoms with van der Waals surface area (Å²) in [4.78, 5) is 38.5. The van der Waals surface area contributed by atoms with Gasteiger partial charge >= 0.3 is 17.9 Å². The standard InChI is InChI=1S/C73H136O6/c1-4-7-10-13-16-19-22-25-28-31-34-36-38-39-42-45-48-51-54-57-60-63-66-72(75)78-69-70(68-77-71(74)65-62-59-56-53-50-47-44-41-33-30-27-24-21-18-15-12-9-6-3)79-73(76)67-64-61-58-55-52-49-46-43-40-37-35-32-29-26-23-20-17-14-11-8-5-2/h23,26,32,35,40,43,70H,4-22,24-25,27-31,33-34,36-39,41-42,44-69H2,1-3H3/b26-23-,35-32-,43-40-. The van der Waals surface area contributed by atoms with Crippen LogP contribution in [0.25, 0.3) is 0 Å². The predicted octanol–water partition coefficient (Wildman–Crippen LogP) is 24.3. The number of hydrogen-bond donors (Lipinski definition) is 0. The fourth-order valence-corrected chi connectivity index (χ4v) is 10.8. The number of carbonyl (C=O) groups excluding carboxylic acids is 3. The topological polar surface area (TPSA) is 78.9 Å². The molecule has 0 spiro atoms. The third kappa shape index (κ3) is 66.3. The highest BCUT2D eigenvalue weighted by Crippen LogP contribution is 2.19. The second-order valence-electron chi connectivity index (χ2n) is 24.2. The summed E-state index contributed by atoms with van der Waals surface area (Å²) in [6, 6.07) is 0. The van der Waals surface area contributed by atoms with Crippen LogP contribution in [0, 0.1) is 0 Å². The van der Waals surface area contributed by atoms with Gasteiger partial charge in [0.25, 0.3) is 0 Å². The van der Waals surface area contributed by atoms with E-state index in [1.165, 1.54) is 276 Å². The third-order valence-corrected chi connectivity index (χ3v) is 16.1. The van der Waals surface area contributed by atoms with Crippen LogP contribution < -0.4 is 0 Å². The molecule has 0 amide bonds. The highest BCUT2D eigenvalue weighted by atomic mass is 16.6. The molecule has 0 aromatic rings. The third-order valence-electron chi connectivity index (χ3n) is 16.1. The van der Waals surface area contributed by atoms with Crippen LogP contribution >= 0.6 is 0 Å². The van der Waals surface area contributed by atoms with E-state index in [0.29, 0.717) is 19.3 Å². The predicted molar refractivity (Wildman–Crippen MR) is 344 cm³/mol. The van der Waals surface area contributed by atoms with Gasteiger partial charge in [0.05, 0.1) is 0 Å². The normalized spacial score (nSPS) is 12.2. The second-order valence-corrected chi connectivity index (χ2v) is 24.2. The van der Waals surface area contributed by atoms with E-state index >= 15 is 0 Å². The van der Waals surface area contributed by atoms with Crippen LogP contribution in [0.4, 0.5) is 0 Å². The van der Waals surface area contributed by atoms with Crippen LogP contribution in [0.2, 0.25) is 0 Å². The summed E-state index contributed by atoms with van der Waals surface area (Å²) < 4.78 is 17.0. The monoisotopic (exact) mass is 1110 g/mol. The lowest BCUT2D eigenvalue weighted by Gasteiger charge is -2.18. The lowest BCUT2D eigenvalue weighted by Crippen LogP contribution is -2.30. The van der Waals surface area contributed by atoms with Gasteiger partial charge in [-0.05, 0) is 57.8 Å². The smallest absolute Gasteiger partial charge is 0.306 e. The van der Waals surface area contributed by atoms with Crippen molar-refractivity contribution < 1.29 is 28.6 Å². The number of esters is 3. The number of carbonyl (C=O) groups is 3. The molecule has 6 nitrogen and oxygen atoms in total. The molecule has 0 heterocycles. The average molecular weight is 1110 g/mol. The van der Waals surface area contributed by atoms with Gasteiger partial charge in [0, 0.05) is 19.3 Å². The van der Waals surface area contributed by atoms with Gasteiger partial charge in [-0.25, -0.2) is 0 Å². The molecule has 0 aromatic heterocycles. The van der Waals surface area contributed by atoms with Crippen molar-refractivity contribution in [1.29, 1.82) is 0 Å². The maximum atomic E-state index is 13.0. The van der Waals surface area contributed by atoms with Gasteiger partial charge in [0.1, 0.15) is 13.2 Å². The summed E-state index contributed by atoms with van der Waals surface area (Å²) >= 11 is 0. The zero-order valence-corrected chi connectivity index (χ0v) is 53.4. The zero-order chi connectivity index (χ0) is 57.1. The lowest BCUT2D eigenvalue weighted by atomic mass is 10.0.